The second-order valence-electron chi connectivity index (χ2n) is 3.56. The van der Waals surface area contributed by atoms with Gasteiger partial charge in [0.1, 0.15) is 17.1 Å². The first-order chi connectivity index (χ1) is 9.11. The largest absolute Gasteiger partial charge is 0.462 e. The van der Waals surface area contributed by atoms with Crippen molar-refractivity contribution in [1.82, 2.24) is 15.0 Å². The summed E-state index contributed by atoms with van der Waals surface area (Å²) in [6, 6.07) is 2.57. The molecule has 0 aromatic carbocycles. The Bertz CT molecular complexity index is 652. The molecule has 19 heavy (non-hydrogen) atoms. The number of esters is 1. The van der Waals surface area contributed by atoms with Gasteiger partial charge in [-0.3, -0.25) is 4.79 Å². The second kappa shape index (κ2) is 5.38. The average Bonchev–Trinajstić information content (AvgIpc) is 2.39. The van der Waals surface area contributed by atoms with Crippen molar-refractivity contribution < 1.29 is 13.9 Å². The maximum atomic E-state index is 12.7. The van der Waals surface area contributed by atoms with Gasteiger partial charge in [-0.1, -0.05) is 0 Å². The van der Waals surface area contributed by atoms with Crippen molar-refractivity contribution in [2.45, 2.75) is 6.92 Å². The Labute approximate surface area is 107 Å². The van der Waals surface area contributed by atoms with Gasteiger partial charge in [-0.05, 0) is 19.1 Å². The summed E-state index contributed by atoms with van der Waals surface area (Å²) in [5.41, 5.74) is -0.517. The molecule has 0 saturated heterocycles. The molecule has 0 atom stereocenters. The van der Waals surface area contributed by atoms with E-state index in [1.807, 2.05) is 0 Å². The molecular weight excluding hydrogens is 253 g/mol. The van der Waals surface area contributed by atoms with E-state index < -0.39 is 17.3 Å². The van der Waals surface area contributed by atoms with E-state index in [0.29, 0.717) is 5.69 Å². The Hall–Kier alpha value is -2.57. The van der Waals surface area contributed by atoms with E-state index in [-0.39, 0.29) is 18.0 Å². The minimum absolute atomic E-state index is 0.151. The van der Waals surface area contributed by atoms with E-state index in [9.17, 15) is 14.0 Å². The number of carbonyl (C=O) groups excluding carboxylic acids is 1. The fraction of sp³-hybridized carbons (Fsp3) is 0.167. The molecule has 7 heteroatoms. The van der Waals surface area contributed by atoms with Crippen LogP contribution < -0.4 is 5.56 Å². The van der Waals surface area contributed by atoms with Crippen LogP contribution in [-0.2, 0) is 4.74 Å². The van der Waals surface area contributed by atoms with Crippen molar-refractivity contribution in [3.05, 3.63) is 46.3 Å². The van der Waals surface area contributed by atoms with Gasteiger partial charge in [0.05, 0.1) is 12.8 Å². The molecule has 0 aliphatic rings. The van der Waals surface area contributed by atoms with E-state index in [1.165, 1.54) is 12.1 Å². The topological polar surface area (TPSA) is 84.9 Å². The van der Waals surface area contributed by atoms with Gasteiger partial charge < -0.3 is 9.72 Å². The molecule has 2 aromatic heterocycles. The third-order valence-electron chi connectivity index (χ3n) is 2.26. The number of nitrogens with one attached hydrogen (secondary N) is 1. The first kappa shape index (κ1) is 12.9. The van der Waals surface area contributed by atoms with Crippen LogP contribution in [0.25, 0.3) is 11.5 Å². The molecule has 0 unspecified atom stereocenters. The summed E-state index contributed by atoms with van der Waals surface area (Å²) in [6.45, 7) is 1.80. The van der Waals surface area contributed by atoms with Gasteiger partial charge in [-0.15, -0.1) is 0 Å². The number of hydrogen-bond donors (Lipinski definition) is 1. The van der Waals surface area contributed by atoms with Crippen molar-refractivity contribution in [3.63, 3.8) is 0 Å². The Morgan fingerprint density at radius 2 is 2.16 bits per heavy atom. The highest BCUT2D eigenvalue weighted by molar-refractivity contribution is 5.88. The van der Waals surface area contributed by atoms with Crippen molar-refractivity contribution in [1.29, 1.82) is 0 Å². The third kappa shape index (κ3) is 2.82. The van der Waals surface area contributed by atoms with E-state index in [4.69, 9.17) is 4.74 Å². The lowest BCUT2D eigenvalue weighted by atomic mass is 10.3. The monoisotopic (exact) mass is 263 g/mol. The number of H-pyrrole nitrogens is 1. The molecule has 0 saturated carbocycles. The van der Waals surface area contributed by atoms with Gasteiger partial charge in [0, 0.05) is 6.20 Å². The zero-order chi connectivity index (χ0) is 13.8. The first-order valence-corrected chi connectivity index (χ1v) is 5.50. The van der Waals surface area contributed by atoms with Gasteiger partial charge in [0.15, 0.2) is 5.82 Å². The van der Waals surface area contributed by atoms with Crippen LogP contribution in [0.1, 0.15) is 17.3 Å². The lowest BCUT2D eigenvalue weighted by Crippen LogP contribution is -2.21. The average molecular weight is 263 g/mol. The molecule has 0 radical (unpaired) electrons. The number of rotatable bonds is 3. The standard InChI is InChI=1S/C12H10FN3O3/c1-2-19-12(18)8-6-15-10(16-11(8)17)9-4-3-7(13)5-14-9/h3-6H,2H2,1H3,(H,15,16,17). The lowest BCUT2D eigenvalue weighted by Gasteiger charge is -2.02. The van der Waals surface area contributed by atoms with E-state index in [1.54, 1.807) is 6.92 Å². The summed E-state index contributed by atoms with van der Waals surface area (Å²) in [6.07, 6.45) is 2.12. The highest BCUT2D eigenvalue weighted by atomic mass is 19.1. The van der Waals surface area contributed by atoms with Crippen molar-refractivity contribution in [3.8, 4) is 11.5 Å². The number of carbonyl (C=O) groups is 1. The summed E-state index contributed by atoms with van der Waals surface area (Å²) >= 11 is 0. The summed E-state index contributed by atoms with van der Waals surface area (Å²) < 4.78 is 17.4. The number of aromatic amines is 1. The normalized spacial score (nSPS) is 10.2. The van der Waals surface area contributed by atoms with Crippen LogP contribution in [0.3, 0.4) is 0 Å². The predicted octanol–water partition coefficient (Wildman–Crippen LogP) is 1.15. The Balaban J connectivity index is 2.36. The first-order valence-electron chi connectivity index (χ1n) is 5.50. The smallest absolute Gasteiger partial charge is 0.345 e. The molecular formula is C12H10FN3O3. The molecule has 0 bridgehead atoms. The van der Waals surface area contributed by atoms with Crippen LogP contribution in [-0.4, -0.2) is 27.5 Å². The third-order valence-corrected chi connectivity index (χ3v) is 2.26. The van der Waals surface area contributed by atoms with Crippen LogP contribution in [0, 0.1) is 5.82 Å². The molecule has 98 valence electrons. The fourth-order valence-electron chi connectivity index (χ4n) is 1.40. The van der Waals surface area contributed by atoms with Gasteiger partial charge in [-0.25, -0.2) is 19.2 Å². The summed E-state index contributed by atoms with van der Waals surface area (Å²) in [4.78, 5) is 33.2. The quantitative estimate of drug-likeness (QED) is 0.839. The maximum absolute atomic E-state index is 12.7. The lowest BCUT2D eigenvalue weighted by molar-refractivity contribution is 0.0524. The van der Waals surface area contributed by atoms with Gasteiger partial charge in [0.25, 0.3) is 5.56 Å². The summed E-state index contributed by atoms with van der Waals surface area (Å²) in [5, 5.41) is 0. The Kier molecular flexibility index (Phi) is 3.65. The number of pyridine rings is 1. The fourth-order valence-corrected chi connectivity index (χ4v) is 1.40. The van der Waals surface area contributed by atoms with Crippen molar-refractivity contribution >= 4 is 5.97 Å². The molecule has 0 amide bonds. The Morgan fingerprint density at radius 1 is 1.37 bits per heavy atom. The number of halogens is 1. The van der Waals surface area contributed by atoms with Gasteiger partial charge >= 0.3 is 5.97 Å². The molecule has 2 aromatic rings. The number of hydrogen-bond acceptors (Lipinski definition) is 5. The molecule has 2 heterocycles. The highest BCUT2D eigenvalue weighted by Crippen LogP contribution is 2.09. The predicted molar refractivity (Wildman–Crippen MR) is 64.0 cm³/mol. The number of ether oxygens (including phenoxy) is 1. The molecule has 1 N–H and O–H groups in total. The SMILES string of the molecule is CCOC(=O)c1cnc(-c2ccc(F)cn2)[nH]c1=O. The zero-order valence-corrected chi connectivity index (χ0v) is 10.0. The van der Waals surface area contributed by atoms with E-state index in [2.05, 4.69) is 15.0 Å². The van der Waals surface area contributed by atoms with E-state index in [0.717, 1.165) is 12.4 Å². The second-order valence-corrected chi connectivity index (χ2v) is 3.56. The van der Waals surface area contributed by atoms with Gasteiger partial charge in [-0.2, -0.15) is 0 Å². The van der Waals surface area contributed by atoms with Gasteiger partial charge in [0.2, 0.25) is 0 Å². The molecule has 0 spiro atoms. The maximum Gasteiger partial charge on any atom is 0.345 e. The van der Waals surface area contributed by atoms with Crippen molar-refractivity contribution in [2.24, 2.45) is 0 Å². The molecule has 0 aliphatic carbocycles. The minimum Gasteiger partial charge on any atom is -0.462 e. The number of aromatic nitrogens is 3. The van der Waals surface area contributed by atoms with Crippen LogP contribution in [0.2, 0.25) is 0 Å². The molecule has 2 rings (SSSR count). The van der Waals surface area contributed by atoms with Crippen LogP contribution >= 0.6 is 0 Å². The molecule has 0 fully saturated rings. The highest BCUT2D eigenvalue weighted by Gasteiger charge is 2.13. The Morgan fingerprint density at radius 3 is 2.74 bits per heavy atom. The van der Waals surface area contributed by atoms with E-state index >= 15 is 0 Å². The van der Waals surface area contributed by atoms with Crippen LogP contribution in [0.5, 0.6) is 0 Å². The zero-order valence-electron chi connectivity index (χ0n) is 10.0. The van der Waals surface area contributed by atoms with Crippen LogP contribution in [0.4, 0.5) is 4.39 Å². The molecule has 6 nitrogen and oxygen atoms in total. The summed E-state index contributed by atoms with van der Waals surface area (Å²) in [5.74, 6) is -1.08. The number of nitrogens with zero attached hydrogens (tertiary/aromatic N) is 2. The molecule has 0 aliphatic heterocycles. The van der Waals surface area contributed by atoms with Crippen LogP contribution in [0.15, 0.2) is 29.3 Å². The van der Waals surface area contributed by atoms with Crippen molar-refractivity contribution in [2.75, 3.05) is 6.61 Å². The summed E-state index contributed by atoms with van der Waals surface area (Å²) in [7, 11) is 0. The minimum atomic E-state index is -0.741.